The molecule has 3 amide bonds. The Labute approximate surface area is 139 Å². The molecule has 1 aliphatic heterocycles. The Morgan fingerprint density at radius 1 is 1.17 bits per heavy atom. The van der Waals surface area contributed by atoms with Crippen LogP contribution in [0.25, 0.3) is 0 Å². The van der Waals surface area contributed by atoms with Crippen molar-refractivity contribution in [3.8, 4) is 0 Å². The molecule has 1 aliphatic carbocycles. The Morgan fingerprint density at radius 3 is 2.54 bits per heavy atom. The molecule has 0 aromatic heterocycles. The highest BCUT2D eigenvalue weighted by Crippen LogP contribution is 2.19. The topological polar surface area (TPSA) is 92.8 Å². The van der Waals surface area contributed by atoms with Crippen molar-refractivity contribution in [2.45, 2.75) is 38.3 Å². The molecule has 1 saturated carbocycles. The van der Waals surface area contributed by atoms with Crippen LogP contribution in [0.3, 0.4) is 0 Å². The molecule has 3 rings (SSSR count). The normalized spacial score (nSPS) is 20.9. The fourth-order valence-corrected chi connectivity index (χ4v) is 2.82. The molecule has 1 heterocycles. The Balaban J connectivity index is 1.61. The third-order valence-electron chi connectivity index (χ3n) is 4.22. The molecule has 7 heteroatoms. The standard InChI is InChI=1S/C17H18N2O5/c20-13-3-1-2-4-14(13)24-16(22)12-7-5-11(6-8-12)10-19-15(21)9-18-17(19)23/h5-8,14H,1-4,9-10H2,(H,18,23). The number of hydrogen-bond acceptors (Lipinski definition) is 5. The summed E-state index contributed by atoms with van der Waals surface area (Å²) in [7, 11) is 0. The minimum Gasteiger partial charge on any atom is -0.451 e. The number of ether oxygens (including phenoxy) is 1. The minimum atomic E-state index is -0.642. The van der Waals surface area contributed by atoms with E-state index >= 15 is 0 Å². The van der Waals surface area contributed by atoms with Gasteiger partial charge in [-0.25, -0.2) is 9.59 Å². The first-order chi connectivity index (χ1) is 11.5. The lowest BCUT2D eigenvalue weighted by molar-refractivity contribution is -0.130. The van der Waals surface area contributed by atoms with Gasteiger partial charge in [0.05, 0.1) is 18.7 Å². The van der Waals surface area contributed by atoms with Gasteiger partial charge in [0.1, 0.15) is 0 Å². The number of nitrogens with one attached hydrogen (secondary N) is 1. The maximum absolute atomic E-state index is 12.1. The second-order valence-electron chi connectivity index (χ2n) is 5.94. The largest absolute Gasteiger partial charge is 0.451 e. The van der Waals surface area contributed by atoms with Gasteiger partial charge in [0, 0.05) is 6.42 Å². The van der Waals surface area contributed by atoms with Gasteiger partial charge in [0.15, 0.2) is 11.9 Å². The second kappa shape index (κ2) is 6.82. The van der Waals surface area contributed by atoms with E-state index in [1.165, 1.54) is 0 Å². The van der Waals surface area contributed by atoms with E-state index in [0.717, 1.165) is 23.3 Å². The number of urea groups is 1. The monoisotopic (exact) mass is 330 g/mol. The molecule has 1 aromatic carbocycles. The van der Waals surface area contributed by atoms with Gasteiger partial charge in [-0.05, 0) is 37.0 Å². The van der Waals surface area contributed by atoms with E-state index < -0.39 is 18.1 Å². The number of imide groups is 1. The van der Waals surface area contributed by atoms with Crippen molar-refractivity contribution in [1.29, 1.82) is 0 Å². The van der Waals surface area contributed by atoms with Gasteiger partial charge in [-0.1, -0.05) is 12.1 Å². The fourth-order valence-electron chi connectivity index (χ4n) is 2.82. The lowest BCUT2D eigenvalue weighted by Crippen LogP contribution is -2.30. The molecule has 0 radical (unpaired) electrons. The van der Waals surface area contributed by atoms with E-state index in [0.29, 0.717) is 18.4 Å². The van der Waals surface area contributed by atoms with Crippen molar-refractivity contribution in [1.82, 2.24) is 10.2 Å². The molecule has 2 aliphatic rings. The molecular formula is C17H18N2O5. The highest BCUT2D eigenvalue weighted by Gasteiger charge is 2.29. The van der Waals surface area contributed by atoms with E-state index in [1.54, 1.807) is 24.3 Å². The van der Waals surface area contributed by atoms with Crippen LogP contribution in [0.1, 0.15) is 41.6 Å². The summed E-state index contributed by atoms with van der Waals surface area (Å²) >= 11 is 0. The zero-order valence-corrected chi connectivity index (χ0v) is 13.1. The van der Waals surface area contributed by atoms with Crippen molar-refractivity contribution in [3.63, 3.8) is 0 Å². The van der Waals surface area contributed by atoms with Crippen LogP contribution in [-0.4, -0.2) is 41.2 Å². The number of hydrogen-bond donors (Lipinski definition) is 1. The predicted molar refractivity (Wildman–Crippen MR) is 83.1 cm³/mol. The van der Waals surface area contributed by atoms with E-state index in [4.69, 9.17) is 4.74 Å². The molecule has 1 unspecified atom stereocenters. The first kappa shape index (κ1) is 16.2. The van der Waals surface area contributed by atoms with Crippen LogP contribution >= 0.6 is 0 Å². The zero-order chi connectivity index (χ0) is 17.1. The van der Waals surface area contributed by atoms with Crippen molar-refractivity contribution in [3.05, 3.63) is 35.4 Å². The summed E-state index contributed by atoms with van der Waals surface area (Å²) in [5.41, 5.74) is 1.07. The van der Waals surface area contributed by atoms with Crippen molar-refractivity contribution in [2.75, 3.05) is 6.54 Å². The zero-order valence-electron chi connectivity index (χ0n) is 13.1. The Hall–Kier alpha value is -2.70. The number of rotatable bonds is 4. The smallest absolute Gasteiger partial charge is 0.338 e. The molecule has 1 atom stereocenters. The lowest BCUT2D eigenvalue weighted by atomic mass is 9.96. The summed E-state index contributed by atoms with van der Waals surface area (Å²) in [4.78, 5) is 48.0. The van der Waals surface area contributed by atoms with Crippen LogP contribution < -0.4 is 5.32 Å². The van der Waals surface area contributed by atoms with Gasteiger partial charge in [0.25, 0.3) is 0 Å². The maximum Gasteiger partial charge on any atom is 0.338 e. The summed E-state index contributed by atoms with van der Waals surface area (Å²) in [6.07, 6.45) is 2.13. The van der Waals surface area contributed by atoms with Crippen LogP contribution in [0.15, 0.2) is 24.3 Å². The van der Waals surface area contributed by atoms with Gasteiger partial charge in [-0.2, -0.15) is 0 Å². The Bertz CT molecular complexity index is 667. The average Bonchev–Trinajstić information content (AvgIpc) is 2.89. The number of esters is 1. The van der Waals surface area contributed by atoms with Crippen LogP contribution in [0.4, 0.5) is 4.79 Å². The van der Waals surface area contributed by atoms with Gasteiger partial charge >= 0.3 is 12.0 Å². The van der Waals surface area contributed by atoms with Gasteiger partial charge in [-0.3, -0.25) is 14.5 Å². The van der Waals surface area contributed by atoms with E-state index in [9.17, 15) is 19.2 Å². The van der Waals surface area contributed by atoms with E-state index in [1.807, 2.05) is 0 Å². The number of amides is 3. The number of carbonyl (C=O) groups excluding carboxylic acids is 4. The van der Waals surface area contributed by atoms with Crippen LogP contribution in [-0.2, 0) is 20.9 Å². The quantitative estimate of drug-likeness (QED) is 0.665. The molecule has 1 aromatic rings. The summed E-state index contributed by atoms with van der Waals surface area (Å²) in [6.45, 7) is 0.166. The summed E-state index contributed by atoms with van der Waals surface area (Å²) in [5.74, 6) is -0.833. The molecular weight excluding hydrogens is 312 g/mol. The SMILES string of the molecule is O=C(OC1CCCCC1=O)c1ccc(CN2C(=O)CNC2=O)cc1. The van der Waals surface area contributed by atoms with Crippen LogP contribution in [0.2, 0.25) is 0 Å². The van der Waals surface area contributed by atoms with Crippen LogP contribution in [0.5, 0.6) is 0 Å². The molecule has 126 valence electrons. The highest BCUT2D eigenvalue weighted by atomic mass is 16.5. The number of benzene rings is 1. The Kier molecular flexibility index (Phi) is 4.59. The Morgan fingerprint density at radius 2 is 1.92 bits per heavy atom. The fraction of sp³-hybridized carbons (Fsp3) is 0.412. The third-order valence-corrected chi connectivity index (χ3v) is 4.22. The maximum atomic E-state index is 12.1. The average molecular weight is 330 g/mol. The highest BCUT2D eigenvalue weighted by molar-refractivity contribution is 6.01. The first-order valence-electron chi connectivity index (χ1n) is 7.95. The third kappa shape index (κ3) is 3.45. The van der Waals surface area contributed by atoms with Crippen molar-refractivity contribution >= 4 is 23.7 Å². The first-order valence-corrected chi connectivity index (χ1v) is 7.95. The van der Waals surface area contributed by atoms with Crippen molar-refractivity contribution < 1.29 is 23.9 Å². The van der Waals surface area contributed by atoms with Crippen LogP contribution in [0, 0.1) is 0 Å². The predicted octanol–water partition coefficient (Wildman–Crippen LogP) is 1.41. The number of carbonyl (C=O) groups is 4. The summed E-state index contributed by atoms with van der Waals surface area (Å²) in [6, 6.07) is 6.06. The summed E-state index contributed by atoms with van der Waals surface area (Å²) in [5, 5.41) is 2.45. The summed E-state index contributed by atoms with van der Waals surface area (Å²) < 4.78 is 5.28. The number of Topliss-reactive ketones (excluding diaryl/α,β-unsaturated/α-hetero) is 1. The lowest BCUT2D eigenvalue weighted by Gasteiger charge is -2.20. The van der Waals surface area contributed by atoms with Gasteiger partial charge < -0.3 is 10.1 Å². The molecule has 1 saturated heterocycles. The number of ketones is 1. The number of nitrogens with zero attached hydrogens (tertiary/aromatic N) is 1. The molecule has 24 heavy (non-hydrogen) atoms. The van der Waals surface area contributed by atoms with Gasteiger partial charge in [-0.15, -0.1) is 0 Å². The molecule has 0 bridgehead atoms. The van der Waals surface area contributed by atoms with E-state index in [2.05, 4.69) is 5.32 Å². The van der Waals surface area contributed by atoms with Crippen molar-refractivity contribution in [2.24, 2.45) is 0 Å². The molecule has 0 spiro atoms. The molecule has 2 fully saturated rings. The minimum absolute atomic E-state index is 0.0126. The molecule has 1 N–H and O–H groups in total. The second-order valence-corrected chi connectivity index (χ2v) is 5.94. The van der Waals surface area contributed by atoms with Gasteiger partial charge in [0.2, 0.25) is 5.91 Å². The van der Waals surface area contributed by atoms with E-state index in [-0.39, 0.29) is 24.8 Å². The molecule has 7 nitrogen and oxygen atoms in total.